The third-order valence-electron chi connectivity index (χ3n) is 3.39. The third-order valence-corrected chi connectivity index (χ3v) is 4.56. The Bertz CT molecular complexity index is 618. The van der Waals surface area contributed by atoms with E-state index in [0.717, 1.165) is 27.6 Å². The van der Waals surface area contributed by atoms with Crippen molar-refractivity contribution in [3.8, 4) is 10.6 Å². The van der Waals surface area contributed by atoms with Crippen LogP contribution in [0.2, 0.25) is 0 Å². The van der Waals surface area contributed by atoms with Gasteiger partial charge in [0.15, 0.2) is 0 Å². The fraction of sp³-hybridized carbons (Fsp3) is 0.286. The number of hydrogen-bond acceptors (Lipinski definition) is 3. The lowest BCUT2D eigenvalue weighted by Gasteiger charge is -2.03. The molecule has 0 saturated heterocycles. The van der Waals surface area contributed by atoms with E-state index in [9.17, 15) is 4.79 Å². The lowest BCUT2D eigenvalue weighted by molar-refractivity contribution is -0.138. The summed E-state index contributed by atoms with van der Waals surface area (Å²) in [7, 11) is 0. The normalized spacial score (nSPS) is 17.7. The Hall–Kier alpha value is -1.68. The number of carboxylic acids is 1. The minimum Gasteiger partial charge on any atom is -0.481 e. The van der Waals surface area contributed by atoms with E-state index in [1.807, 2.05) is 18.2 Å². The molecular weight excluding hydrogens is 246 g/mol. The molecular formula is C14H13NO2S. The molecule has 0 radical (unpaired) electrons. The largest absolute Gasteiger partial charge is 0.481 e. The fourth-order valence-electron chi connectivity index (χ4n) is 2.40. The van der Waals surface area contributed by atoms with Crippen molar-refractivity contribution in [2.24, 2.45) is 0 Å². The van der Waals surface area contributed by atoms with Gasteiger partial charge in [-0.3, -0.25) is 4.79 Å². The van der Waals surface area contributed by atoms with Crippen LogP contribution in [0.25, 0.3) is 10.6 Å². The maximum Gasteiger partial charge on any atom is 0.312 e. The van der Waals surface area contributed by atoms with E-state index in [4.69, 9.17) is 5.11 Å². The molecule has 92 valence electrons. The van der Waals surface area contributed by atoms with E-state index in [0.29, 0.717) is 6.42 Å². The molecule has 0 fully saturated rings. The Labute approximate surface area is 109 Å². The highest BCUT2D eigenvalue weighted by molar-refractivity contribution is 7.15. The molecule has 1 heterocycles. The first-order chi connectivity index (χ1) is 8.66. The van der Waals surface area contributed by atoms with E-state index in [2.05, 4.69) is 18.0 Å². The Morgan fingerprint density at radius 2 is 2.22 bits per heavy atom. The molecule has 18 heavy (non-hydrogen) atoms. The summed E-state index contributed by atoms with van der Waals surface area (Å²) >= 11 is 1.64. The SMILES string of the molecule is Cc1ccccc1-c1nc2c(s1)CCC2C(=O)O. The first kappa shape index (κ1) is 11.4. The average molecular weight is 259 g/mol. The van der Waals surface area contributed by atoms with E-state index in [1.54, 1.807) is 11.3 Å². The number of nitrogens with zero attached hydrogens (tertiary/aromatic N) is 1. The second kappa shape index (κ2) is 4.21. The highest BCUT2D eigenvalue weighted by atomic mass is 32.1. The summed E-state index contributed by atoms with van der Waals surface area (Å²) in [4.78, 5) is 16.8. The zero-order valence-electron chi connectivity index (χ0n) is 10.0. The molecule has 1 N–H and O–H groups in total. The number of hydrogen-bond donors (Lipinski definition) is 1. The molecule has 4 heteroatoms. The van der Waals surface area contributed by atoms with E-state index in [-0.39, 0.29) is 0 Å². The van der Waals surface area contributed by atoms with Gasteiger partial charge in [0.25, 0.3) is 0 Å². The van der Waals surface area contributed by atoms with Gasteiger partial charge in [0.2, 0.25) is 0 Å². The highest BCUT2D eigenvalue weighted by Gasteiger charge is 2.32. The van der Waals surface area contributed by atoms with Gasteiger partial charge in [-0.05, 0) is 25.3 Å². The topological polar surface area (TPSA) is 50.2 Å². The molecule has 0 amide bonds. The van der Waals surface area contributed by atoms with E-state index in [1.165, 1.54) is 5.56 Å². The third kappa shape index (κ3) is 1.73. The molecule has 2 aromatic rings. The summed E-state index contributed by atoms with van der Waals surface area (Å²) in [5, 5.41) is 10.1. The molecule has 3 rings (SSSR count). The molecule has 1 atom stereocenters. The number of carboxylic acid groups (broad SMARTS) is 1. The monoisotopic (exact) mass is 259 g/mol. The Balaban J connectivity index is 2.05. The van der Waals surface area contributed by atoms with Crippen LogP contribution in [0.1, 0.15) is 28.5 Å². The number of aliphatic carboxylic acids is 1. The quantitative estimate of drug-likeness (QED) is 0.900. The van der Waals surface area contributed by atoms with Crippen molar-refractivity contribution < 1.29 is 9.90 Å². The van der Waals surface area contributed by atoms with Crippen LogP contribution < -0.4 is 0 Å². The Morgan fingerprint density at radius 1 is 1.44 bits per heavy atom. The van der Waals surface area contributed by atoms with Gasteiger partial charge in [0.05, 0.1) is 5.69 Å². The average Bonchev–Trinajstić information content (AvgIpc) is 2.88. The van der Waals surface area contributed by atoms with Crippen molar-refractivity contribution in [3.63, 3.8) is 0 Å². The molecule has 1 aromatic heterocycles. The number of fused-ring (bicyclic) bond motifs is 1. The number of aromatic nitrogens is 1. The smallest absolute Gasteiger partial charge is 0.312 e. The van der Waals surface area contributed by atoms with Crippen molar-refractivity contribution in [1.29, 1.82) is 0 Å². The molecule has 1 aliphatic rings. The second-order valence-corrected chi connectivity index (χ2v) is 5.66. The fourth-order valence-corrected chi connectivity index (χ4v) is 3.62. The molecule has 0 aliphatic heterocycles. The van der Waals surface area contributed by atoms with Crippen LogP contribution in [-0.4, -0.2) is 16.1 Å². The summed E-state index contributed by atoms with van der Waals surface area (Å²) in [5.74, 6) is -1.16. The lowest BCUT2D eigenvalue weighted by Crippen LogP contribution is -2.08. The van der Waals surface area contributed by atoms with Crippen molar-refractivity contribution in [3.05, 3.63) is 40.4 Å². The number of carbonyl (C=O) groups is 1. The zero-order chi connectivity index (χ0) is 12.7. The molecule has 0 saturated carbocycles. The van der Waals surface area contributed by atoms with Gasteiger partial charge in [-0.1, -0.05) is 24.3 Å². The lowest BCUT2D eigenvalue weighted by atomic mass is 10.1. The summed E-state index contributed by atoms with van der Waals surface area (Å²) in [6.07, 6.45) is 1.54. The van der Waals surface area contributed by atoms with Crippen molar-refractivity contribution in [1.82, 2.24) is 4.98 Å². The predicted molar refractivity (Wildman–Crippen MR) is 71.0 cm³/mol. The van der Waals surface area contributed by atoms with Gasteiger partial charge in [-0.25, -0.2) is 4.98 Å². The van der Waals surface area contributed by atoms with Gasteiger partial charge >= 0.3 is 5.97 Å². The van der Waals surface area contributed by atoms with Gasteiger partial charge in [-0.2, -0.15) is 0 Å². The predicted octanol–water partition coefficient (Wildman–Crippen LogP) is 3.23. The van der Waals surface area contributed by atoms with Crippen LogP contribution in [-0.2, 0) is 11.2 Å². The standard InChI is InChI=1S/C14H13NO2S/c1-8-4-2-3-5-9(8)13-15-12-10(14(16)17)6-7-11(12)18-13/h2-5,10H,6-7H2,1H3,(H,16,17). The van der Waals surface area contributed by atoms with E-state index < -0.39 is 11.9 Å². The van der Waals surface area contributed by atoms with E-state index >= 15 is 0 Å². The van der Waals surface area contributed by atoms with Gasteiger partial charge in [0, 0.05) is 10.4 Å². The second-order valence-electron chi connectivity index (χ2n) is 4.57. The molecule has 1 aromatic carbocycles. The highest BCUT2D eigenvalue weighted by Crippen LogP contribution is 2.40. The van der Waals surface area contributed by atoms with Gasteiger partial charge in [0.1, 0.15) is 10.9 Å². The molecule has 1 aliphatic carbocycles. The zero-order valence-corrected chi connectivity index (χ0v) is 10.8. The molecule has 1 unspecified atom stereocenters. The molecule has 0 spiro atoms. The summed E-state index contributed by atoms with van der Waals surface area (Å²) < 4.78 is 0. The van der Waals surface area contributed by atoms with Gasteiger partial charge < -0.3 is 5.11 Å². The van der Waals surface area contributed by atoms with Crippen LogP contribution in [0.3, 0.4) is 0 Å². The minimum absolute atomic E-state index is 0.408. The maximum atomic E-state index is 11.1. The first-order valence-corrected chi connectivity index (χ1v) is 6.77. The van der Waals surface area contributed by atoms with Crippen LogP contribution in [0, 0.1) is 6.92 Å². The Kier molecular flexibility index (Phi) is 2.67. The first-order valence-electron chi connectivity index (χ1n) is 5.95. The Morgan fingerprint density at radius 3 is 2.94 bits per heavy atom. The molecule has 3 nitrogen and oxygen atoms in total. The van der Waals surface area contributed by atoms with Crippen molar-refractivity contribution >= 4 is 17.3 Å². The number of rotatable bonds is 2. The number of thiazole rings is 1. The van der Waals surface area contributed by atoms with Crippen LogP contribution >= 0.6 is 11.3 Å². The summed E-state index contributed by atoms with van der Waals surface area (Å²) in [6.45, 7) is 2.05. The van der Waals surface area contributed by atoms with Crippen molar-refractivity contribution in [2.75, 3.05) is 0 Å². The van der Waals surface area contributed by atoms with Crippen LogP contribution in [0.15, 0.2) is 24.3 Å². The minimum atomic E-state index is -0.754. The summed E-state index contributed by atoms with van der Waals surface area (Å²) in [5.41, 5.74) is 3.07. The van der Waals surface area contributed by atoms with Crippen LogP contribution in [0.4, 0.5) is 0 Å². The van der Waals surface area contributed by atoms with Gasteiger partial charge in [-0.15, -0.1) is 11.3 Å². The van der Waals surface area contributed by atoms with Crippen molar-refractivity contribution in [2.45, 2.75) is 25.7 Å². The van der Waals surface area contributed by atoms with Crippen LogP contribution in [0.5, 0.6) is 0 Å². The summed E-state index contributed by atoms with van der Waals surface area (Å²) in [6, 6.07) is 8.08. The number of benzene rings is 1. The number of aryl methyl sites for hydroxylation is 2. The molecule has 0 bridgehead atoms. The maximum absolute atomic E-state index is 11.1.